The molecule has 12 nitrogen and oxygen atoms in total. The maximum atomic E-state index is 13.5. The summed E-state index contributed by atoms with van der Waals surface area (Å²) >= 11 is 0. The fraction of sp³-hybridized carbons (Fsp3) is 0.793. The second-order valence-corrected chi connectivity index (χ2v) is 16.0. The van der Waals surface area contributed by atoms with E-state index in [1.54, 1.807) is 13.5 Å². The van der Waals surface area contributed by atoms with Crippen molar-refractivity contribution in [3.05, 3.63) is 11.8 Å². The lowest BCUT2D eigenvalue weighted by Crippen LogP contribution is -2.67. The topological polar surface area (TPSA) is 128 Å². The van der Waals surface area contributed by atoms with Gasteiger partial charge in [0.2, 0.25) is 11.9 Å². The molecule has 230 valence electrons. The van der Waals surface area contributed by atoms with Crippen LogP contribution in [0, 0.1) is 5.92 Å². The minimum Gasteiger partial charge on any atom is -0.444 e. The van der Waals surface area contributed by atoms with Crippen molar-refractivity contribution in [1.82, 2.24) is 23.5 Å². The highest BCUT2D eigenvalue weighted by Crippen LogP contribution is 2.58. The van der Waals surface area contributed by atoms with Crippen molar-refractivity contribution in [3.63, 3.8) is 0 Å². The Kier molecular flexibility index (Phi) is 6.56. The first kappa shape index (κ1) is 28.3. The van der Waals surface area contributed by atoms with E-state index in [1.165, 1.54) is 0 Å². The average molecular weight is 602 g/mol. The maximum absolute atomic E-state index is 13.5. The van der Waals surface area contributed by atoms with Gasteiger partial charge in [-0.05, 0) is 71.6 Å². The first-order chi connectivity index (χ1) is 19.9. The van der Waals surface area contributed by atoms with Gasteiger partial charge in [0, 0.05) is 56.1 Å². The van der Waals surface area contributed by atoms with Crippen molar-refractivity contribution < 1.29 is 22.7 Å². The largest absolute Gasteiger partial charge is 0.444 e. The van der Waals surface area contributed by atoms with Gasteiger partial charge in [-0.1, -0.05) is 13.3 Å². The van der Waals surface area contributed by atoms with E-state index in [9.17, 15) is 18.0 Å². The van der Waals surface area contributed by atoms with Crippen molar-refractivity contribution in [2.24, 2.45) is 5.92 Å². The Labute approximate surface area is 248 Å². The van der Waals surface area contributed by atoms with E-state index in [4.69, 9.17) is 9.72 Å². The zero-order valence-corrected chi connectivity index (χ0v) is 25.9. The third kappa shape index (κ3) is 4.49. The molecule has 1 N–H and O–H groups in total. The summed E-state index contributed by atoms with van der Waals surface area (Å²) in [5.41, 5.74) is -0.0174. The van der Waals surface area contributed by atoms with E-state index < -0.39 is 21.2 Å². The Hall–Kier alpha value is -2.51. The van der Waals surface area contributed by atoms with Crippen LogP contribution < -0.4 is 10.2 Å². The zero-order valence-electron chi connectivity index (χ0n) is 25.1. The van der Waals surface area contributed by atoms with Crippen molar-refractivity contribution in [1.29, 1.82) is 0 Å². The van der Waals surface area contributed by atoms with Crippen LogP contribution in [0.2, 0.25) is 0 Å². The van der Waals surface area contributed by atoms with Crippen LogP contribution in [0.15, 0.2) is 6.20 Å². The SMILES string of the molecule is CC1CCCC1N1C(=O)C2(CC2)c2cnc(NC3CCN(S(=O)(=O)N4CC5C4CCN5C(=O)OC(C)(C)C)CC3)nc21. The predicted molar refractivity (Wildman–Crippen MR) is 156 cm³/mol. The number of rotatable bonds is 5. The highest BCUT2D eigenvalue weighted by atomic mass is 32.2. The smallest absolute Gasteiger partial charge is 0.410 e. The van der Waals surface area contributed by atoms with Crippen molar-refractivity contribution in [2.45, 2.75) is 114 Å². The first-order valence-electron chi connectivity index (χ1n) is 15.6. The number of likely N-dealkylation sites (tertiary alicyclic amines) is 1. The highest BCUT2D eigenvalue weighted by Gasteiger charge is 2.62. The maximum Gasteiger partial charge on any atom is 0.410 e. The van der Waals surface area contributed by atoms with Crippen LogP contribution in [0.1, 0.15) is 84.6 Å². The third-order valence-corrected chi connectivity index (χ3v) is 12.4. The van der Waals surface area contributed by atoms with E-state index >= 15 is 0 Å². The molecule has 7 rings (SSSR count). The number of anilines is 2. The van der Waals surface area contributed by atoms with Gasteiger partial charge in [0.25, 0.3) is 10.2 Å². The lowest BCUT2D eigenvalue weighted by atomic mass is 10.0. The van der Waals surface area contributed by atoms with E-state index in [1.807, 2.05) is 31.9 Å². The molecule has 4 atom stereocenters. The highest BCUT2D eigenvalue weighted by molar-refractivity contribution is 7.86. The quantitative estimate of drug-likeness (QED) is 0.546. The summed E-state index contributed by atoms with van der Waals surface area (Å²) in [7, 11) is -3.62. The summed E-state index contributed by atoms with van der Waals surface area (Å²) in [5.74, 6) is 1.94. The molecule has 6 aliphatic rings. The van der Waals surface area contributed by atoms with E-state index in [2.05, 4.69) is 17.2 Å². The monoisotopic (exact) mass is 601 g/mol. The van der Waals surface area contributed by atoms with Gasteiger partial charge in [-0.3, -0.25) is 9.69 Å². The Balaban J connectivity index is 0.974. The Morgan fingerprint density at radius 3 is 2.43 bits per heavy atom. The molecule has 1 aromatic rings. The fourth-order valence-electron chi connectivity index (χ4n) is 7.78. The van der Waals surface area contributed by atoms with Crippen LogP contribution in [0.25, 0.3) is 0 Å². The number of hydrogen-bond acceptors (Lipinski definition) is 8. The Morgan fingerprint density at radius 1 is 1.05 bits per heavy atom. The summed E-state index contributed by atoms with van der Waals surface area (Å²) in [6, 6.07) is -0.0800. The van der Waals surface area contributed by atoms with Crippen LogP contribution >= 0.6 is 0 Å². The molecule has 4 unspecified atom stereocenters. The molecule has 0 aromatic carbocycles. The molecule has 2 aliphatic carbocycles. The summed E-state index contributed by atoms with van der Waals surface area (Å²) in [4.78, 5) is 39.3. The number of hydrogen-bond donors (Lipinski definition) is 1. The van der Waals surface area contributed by atoms with E-state index in [-0.39, 0.29) is 36.2 Å². The van der Waals surface area contributed by atoms with Crippen LogP contribution in [0.5, 0.6) is 0 Å². The van der Waals surface area contributed by atoms with Gasteiger partial charge < -0.3 is 15.0 Å². The number of nitrogens with zero attached hydrogens (tertiary/aromatic N) is 6. The molecule has 5 fully saturated rings. The number of ether oxygens (including phenoxy) is 1. The van der Waals surface area contributed by atoms with Gasteiger partial charge in [0.15, 0.2) is 0 Å². The number of piperidine rings is 1. The van der Waals surface area contributed by atoms with Crippen LogP contribution in [0.3, 0.4) is 0 Å². The van der Waals surface area contributed by atoms with Crippen molar-refractivity contribution >= 4 is 34.0 Å². The molecular formula is C29H43N7O5S. The normalized spacial score (nSPS) is 31.3. The molecule has 2 saturated carbocycles. The molecule has 13 heteroatoms. The Morgan fingerprint density at radius 2 is 1.79 bits per heavy atom. The third-order valence-electron chi connectivity index (χ3n) is 10.3. The van der Waals surface area contributed by atoms with Gasteiger partial charge in [-0.2, -0.15) is 22.0 Å². The molecular weight excluding hydrogens is 558 g/mol. The number of fused-ring (bicyclic) bond motifs is 3. The number of carbonyl (C=O) groups excluding carboxylic acids is 2. The van der Waals surface area contributed by atoms with Crippen molar-refractivity contribution in [2.75, 3.05) is 36.4 Å². The number of nitrogens with one attached hydrogen (secondary N) is 1. The minimum absolute atomic E-state index is 0.0404. The zero-order chi connectivity index (χ0) is 29.6. The first-order valence-corrected chi connectivity index (χ1v) is 17.0. The lowest BCUT2D eigenvalue weighted by Gasteiger charge is -2.47. The minimum atomic E-state index is -3.62. The summed E-state index contributed by atoms with van der Waals surface area (Å²) in [5, 5.41) is 3.45. The molecule has 1 aromatic heterocycles. The van der Waals surface area contributed by atoms with Gasteiger partial charge >= 0.3 is 6.09 Å². The standard InChI is InChI=1S/C29H43N7O5S/c1-18-6-5-7-21(18)36-24-20(29(11-12-29)25(36)37)16-30-26(32-24)31-19-8-13-33(14-9-19)42(39,40)35-17-23-22(35)10-15-34(23)27(38)41-28(2,3)4/h16,18-19,21-23H,5-15,17H2,1-4H3,(H,30,31,32). The Bertz CT molecular complexity index is 1380. The fourth-order valence-corrected chi connectivity index (χ4v) is 9.68. The number of aromatic nitrogens is 2. The number of carbonyl (C=O) groups is 2. The molecule has 2 amide bonds. The molecule has 0 radical (unpaired) electrons. The van der Waals surface area contributed by atoms with Gasteiger partial charge in [0.1, 0.15) is 11.4 Å². The predicted octanol–water partition coefficient (Wildman–Crippen LogP) is 2.86. The van der Waals surface area contributed by atoms with E-state index in [0.29, 0.717) is 57.3 Å². The van der Waals surface area contributed by atoms with Crippen LogP contribution in [-0.2, 0) is 25.2 Å². The second kappa shape index (κ2) is 9.75. The molecule has 0 bridgehead atoms. The van der Waals surface area contributed by atoms with E-state index in [0.717, 1.165) is 43.5 Å². The second-order valence-electron chi connectivity index (χ2n) is 14.2. The summed E-state index contributed by atoms with van der Waals surface area (Å²) in [6.07, 6.45) is 8.40. The molecule has 42 heavy (non-hydrogen) atoms. The molecule has 1 spiro atoms. The molecule has 4 aliphatic heterocycles. The van der Waals surface area contributed by atoms with Crippen LogP contribution in [0.4, 0.5) is 16.6 Å². The van der Waals surface area contributed by atoms with Gasteiger partial charge in [-0.15, -0.1) is 0 Å². The summed E-state index contributed by atoms with van der Waals surface area (Å²) < 4.78 is 35.7. The van der Waals surface area contributed by atoms with Crippen LogP contribution in [-0.4, -0.2) is 99.8 Å². The summed E-state index contributed by atoms with van der Waals surface area (Å²) in [6.45, 7) is 9.36. The lowest BCUT2D eigenvalue weighted by molar-refractivity contribution is -0.120. The number of amides is 2. The van der Waals surface area contributed by atoms with Gasteiger partial charge in [0.05, 0.1) is 11.5 Å². The van der Waals surface area contributed by atoms with Crippen molar-refractivity contribution in [3.8, 4) is 0 Å². The molecule has 3 saturated heterocycles. The molecule has 5 heterocycles. The average Bonchev–Trinajstić information content (AvgIpc) is 3.43. The van der Waals surface area contributed by atoms with Gasteiger partial charge in [-0.25, -0.2) is 9.78 Å².